The molecular weight excluding hydrogens is 396 g/mol. The quantitative estimate of drug-likeness (QED) is 0.711. The lowest BCUT2D eigenvalue weighted by atomic mass is 10.1. The fourth-order valence-electron chi connectivity index (χ4n) is 3.83. The van der Waals surface area contributed by atoms with E-state index in [0.29, 0.717) is 16.5 Å². The first-order valence-corrected chi connectivity index (χ1v) is 9.87. The van der Waals surface area contributed by atoms with Gasteiger partial charge in [0.1, 0.15) is 0 Å². The summed E-state index contributed by atoms with van der Waals surface area (Å²) in [6, 6.07) is 5.45. The molecule has 3 amide bonds. The third kappa shape index (κ3) is 3.67. The number of rotatable bonds is 3. The Kier molecular flexibility index (Phi) is 5.18. The molecule has 10 heteroatoms. The summed E-state index contributed by atoms with van der Waals surface area (Å²) < 4.78 is 0. The van der Waals surface area contributed by atoms with E-state index in [0.717, 1.165) is 26.2 Å². The molecule has 4 rings (SSSR count). The maximum atomic E-state index is 12.9. The molecule has 154 valence electrons. The number of guanidine groups is 1. The number of aliphatic imine (C=N–C) groups is 1. The molecule has 3 aliphatic heterocycles. The molecule has 0 aromatic heterocycles. The zero-order valence-electron chi connectivity index (χ0n) is 16.3. The van der Waals surface area contributed by atoms with Gasteiger partial charge in [0.2, 0.25) is 0 Å². The zero-order valence-corrected chi connectivity index (χ0v) is 17.1. The highest BCUT2D eigenvalue weighted by Gasteiger charge is 2.50. The summed E-state index contributed by atoms with van der Waals surface area (Å²) in [5, 5.41) is 2.91. The average molecular weight is 419 g/mol. The molecular formula is C19H23ClN6O3. The van der Waals surface area contributed by atoms with Crippen LogP contribution < -0.4 is 5.32 Å². The minimum absolute atomic E-state index is 0.0105. The van der Waals surface area contributed by atoms with Crippen molar-refractivity contribution in [2.45, 2.75) is 12.2 Å². The molecule has 0 radical (unpaired) electrons. The van der Waals surface area contributed by atoms with E-state index in [1.165, 1.54) is 4.90 Å². The van der Waals surface area contributed by atoms with E-state index in [-0.39, 0.29) is 12.3 Å². The van der Waals surface area contributed by atoms with Gasteiger partial charge >= 0.3 is 6.03 Å². The Labute approximate surface area is 173 Å². The van der Waals surface area contributed by atoms with Crippen molar-refractivity contribution >= 4 is 35.3 Å². The first-order chi connectivity index (χ1) is 13.8. The highest BCUT2D eigenvalue weighted by Crippen LogP contribution is 2.26. The molecule has 2 atom stereocenters. The molecule has 0 aliphatic carbocycles. The van der Waals surface area contributed by atoms with Crippen LogP contribution >= 0.6 is 11.6 Å². The van der Waals surface area contributed by atoms with Crippen molar-refractivity contribution < 1.29 is 14.4 Å². The normalized spacial score (nSPS) is 25.1. The second-order valence-electron chi connectivity index (χ2n) is 7.54. The molecule has 2 saturated heterocycles. The van der Waals surface area contributed by atoms with Crippen molar-refractivity contribution in [3.63, 3.8) is 0 Å². The van der Waals surface area contributed by atoms with Crippen LogP contribution in [0.15, 0.2) is 29.3 Å². The lowest BCUT2D eigenvalue weighted by Gasteiger charge is -2.39. The van der Waals surface area contributed by atoms with Gasteiger partial charge in [0, 0.05) is 43.8 Å². The molecule has 1 aromatic carbocycles. The van der Waals surface area contributed by atoms with Crippen molar-refractivity contribution in [2.24, 2.45) is 4.99 Å². The van der Waals surface area contributed by atoms with Gasteiger partial charge in [-0.05, 0) is 31.3 Å². The number of nitrogens with one attached hydrogen (secondary N) is 1. The number of piperazine rings is 1. The number of carbonyl (C=O) groups excluding carboxylic acids is 3. The summed E-state index contributed by atoms with van der Waals surface area (Å²) in [5.41, 5.74) is 0.510. The number of hydrogen-bond donors (Lipinski definition) is 1. The van der Waals surface area contributed by atoms with E-state index in [4.69, 9.17) is 16.6 Å². The molecule has 1 aromatic rings. The minimum Gasteiger partial charge on any atom is -0.340 e. The van der Waals surface area contributed by atoms with Gasteiger partial charge in [-0.1, -0.05) is 11.6 Å². The predicted molar refractivity (Wildman–Crippen MR) is 108 cm³/mol. The number of ketones is 1. The van der Waals surface area contributed by atoms with Gasteiger partial charge in [0.15, 0.2) is 24.0 Å². The van der Waals surface area contributed by atoms with Crippen LogP contribution in [0.4, 0.5) is 4.79 Å². The van der Waals surface area contributed by atoms with Gasteiger partial charge in [-0.15, -0.1) is 0 Å². The van der Waals surface area contributed by atoms with Crippen molar-refractivity contribution in [1.82, 2.24) is 24.9 Å². The molecule has 3 heterocycles. The largest absolute Gasteiger partial charge is 0.340 e. The summed E-state index contributed by atoms with van der Waals surface area (Å²) >= 11 is 5.92. The van der Waals surface area contributed by atoms with Crippen LogP contribution in [-0.4, -0.2) is 102 Å². The van der Waals surface area contributed by atoms with Crippen LogP contribution in [-0.2, 0) is 4.79 Å². The summed E-state index contributed by atoms with van der Waals surface area (Å²) in [6.45, 7) is 3.17. The monoisotopic (exact) mass is 418 g/mol. The second-order valence-corrected chi connectivity index (χ2v) is 7.98. The van der Waals surface area contributed by atoms with E-state index in [2.05, 4.69) is 22.2 Å². The average Bonchev–Trinajstić information content (AvgIpc) is 3.07. The number of hydrogen-bond acceptors (Lipinski definition) is 7. The smallest absolute Gasteiger partial charge is 0.325 e. The Bertz CT molecular complexity index is 865. The molecule has 0 bridgehead atoms. The van der Waals surface area contributed by atoms with Gasteiger partial charge in [-0.3, -0.25) is 14.9 Å². The third-order valence-corrected chi connectivity index (χ3v) is 5.86. The molecule has 2 unspecified atom stereocenters. The number of carbonyl (C=O) groups is 3. The maximum absolute atomic E-state index is 12.9. The van der Waals surface area contributed by atoms with Crippen LogP contribution in [0.3, 0.4) is 0 Å². The molecule has 0 spiro atoms. The SMILES string of the molecule is CN1CCN(C2=NC3C(C(=O)NC(=O)N3C)N2CC(=O)c2ccc(Cl)cc2)CC1. The van der Waals surface area contributed by atoms with Crippen molar-refractivity contribution in [3.05, 3.63) is 34.9 Å². The Morgan fingerprint density at radius 1 is 1.14 bits per heavy atom. The number of Topliss-reactive ketones (excluding diaryl/α,β-unsaturated/α-hetero) is 1. The van der Waals surface area contributed by atoms with Crippen LogP contribution in [0.5, 0.6) is 0 Å². The van der Waals surface area contributed by atoms with E-state index >= 15 is 0 Å². The lowest BCUT2D eigenvalue weighted by Crippen LogP contribution is -2.65. The van der Waals surface area contributed by atoms with E-state index in [9.17, 15) is 14.4 Å². The van der Waals surface area contributed by atoms with E-state index in [1.54, 1.807) is 36.2 Å². The summed E-state index contributed by atoms with van der Waals surface area (Å²) in [6.07, 6.45) is -0.649. The van der Waals surface area contributed by atoms with Gasteiger partial charge in [0.25, 0.3) is 5.91 Å². The van der Waals surface area contributed by atoms with Gasteiger partial charge in [0.05, 0.1) is 6.54 Å². The highest BCUT2D eigenvalue weighted by molar-refractivity contribution is 6.30. The highest BCUT2D eigenvalue weighted by atomic mass is 35.5. The number of likely N-dealkylation sites (N-methyl/N-ethyl adjacent to an activating group) is 2. The molecule has 3 aliphatic rings. The standard InChI is InChI=1S/C19H23ClN6O3/c1-23-7-9-25(10-8-23)18-21-16-15(17(28)22-19(29)24(16)2)26(18)11-14(27)12-3-5-13(20)6-4-12/h3-6,15-16H,7-11H2,1-2H3,(H,22,28,29). The Balaban J connectivity index is 1.63. The Hall–Kier alpha value is -2.65. The fraction of sp³-hybridized carbons (Fsp3) is 0.474. The van der Waals surface area contributed by atoms with Gasteiger partial charge in [-0.25, -0.2) is 9.79 Å². The summed E-state index contributed by atoms with van der Waals surface area (Å²) in [5.74, 6) is 0.0125. The molecule has 2 fully saturated rings. The molecule has 29 heavy (non-hydrogen) atoms. The number of imide groups is 1. The number of halogens is 1. The first-order valence-electron chi connectivity index (χ1n) is 9.49. The van der Waals surface area contributed by atoms with Crippen molar-refractivity contribution in [2.75, 3.05) is 46.8 Å². The second kappa shape index (κ2) is 7.64. The number of nitrogens with zero attached hydrogens (tertiary/aromatic N) is 5. The van der Waals surface area contributed by atoms with Crippen LogP contribution in [0, 0.1) is 0 Å². The topological polar surface area (TPSA) is 88.6 Å². The van der Waals surface area contributed by atoms with E-state index in [1.807, 2.05) is 0 Å². The van der Waals surface area contributed by atoms with Crippen molar-refractivity contribution in [1.29, 1.82) is 0 Å². The minimum atomic E-state index is -0.733. The summed E-state index contributed by atoms with van der Waals surface area (Å²) in [4.78, 5) is 49.8. The third-order valence-electron chi connectivity index (χ3n) is 5.61. The van der Waals surface area contributed by atoms with Gasteiger partial charge < -0.3 is 19.6 Å². The number of urea groups is 1. The fourth-order valence-corrected chi connectivity index (χ4v) is 3.96. The molecule has 9 nitrogen and oxygen atoms in total. The maximum Gasteiger partial charge on any atom is 0.325 e. The summed E-state index contributed by atoms with van der Waals surface area (Å²) in [7, 11) is 3.66. The number of fused-ring (bicyclic) bond motifs is 1. The van der Waals surface area contributed by atoms with Gasteiger partial charge in [-0.2, -0.15) is 0 Å². The zero-order chi connectivity index (χ0) is 20.7. The van der Waals surface area contributed by atoms with Crippen LogP contribution in [0.1, 0.15) is 10.4 Å². The van der Waals surface area contributed by atoms with Crippen molar-refractivity contribution in [3.8, 4) is 0 Å². The first kappa shape index (κ1) is 19.7. The number of benzene rings is 1. The van der Waals surface area contributed by atoms with Crippen LogP contribution in [0.2, 0.25) is 5.02 Å². The van der Waals surface area contributed by atoms with Crippen LogP contribution in [0.25, 0.3) is 0 Å². The molecule has 1 N–H and O–H groups in total. The number of amides is 3. The Morgan fingerprint density at radius 2 is 1.79 bits per heavy atom. The predicted octanol–water partition coefficient (Wildman–Crippen LogP) is 0.318. The van der Waals surface area contributed by atoms with E-state index < -0.39 is 24.1 Å². The lowest BCUT2D eigenvalue weighted by molar-refractivity contribution is -0.127. The Morgan fingerprint density at radius 3 is 2.45 bits per heavy atom. The molecule has 0 saturated carbocycles.